The van der Waals surface area contributed by atoms with Crippen molar-refractivity contribution in [1.29, 1.82) is 0 Å². The first-order chi connectivity index (χ1) is 10.2. The van der Waals surface area contributed by atoms with Crippen LogP contribution in [0.1, 0.15) is 37.2 Å². The number of nitrogens with one attached hydrogen (secondary N) is 1. The normalized spacial score (nSPS) is 12.5. The molecule has 0 radical (unpaired) electrons. The topological polar surface area (TPSA) is 29.9 Å². The molecule has 3 nitrogen and oxygen atoms in total. The number of aryl methyl sites for hydroxylation is 2. The number of aromatic nitrogens is 2. The number of imidazole rings is 1. The molecule has 0 bridgehead atoms. The highest BCUT2D eigenvalue weighted by Crippen LogP contribution is 2.12. The van der Waals surface area contributed by atoms with E-state index in [-0.39, 0.29) is 0 Å². The van der Waals surface area contributed by atoms with Gasteiger partial charge in [-0.25, -0.2) is 4.98 Å². The minimum atomic E-state index is 0.443. The monoisotopic (exact) mass is 285 g/mol. The highest BCUT2D eigenvalue weighted by Gasteiger charge is 2.14. The lowest BCUT2D eigenvalue weighted by Crippen LogP contribution is -2.35. The molecule has 0 aliphatic heterocycles. The summed E-state index contributed by atoms with van der Waals surface area (Å²) in [6.07, 6.45) is 7.17. The van der Waals surface area contributed by atoms with Gasteiger partial charge in [0.05, 0.1) is 0 Å². The third kappa shape index (κ3) is 4.43. The van der Waals surface area contributed by atoms with Gasteiger partial charge in [-0.1, -0.05) is 31.2 Å². The van der Waals surface area contributed by atoms with E-state index in [1.165, 1.54) is 17.0 Å². The largest absolute Gasteiger partial charge is 0.335 e. The summed E-state index contributed by atoms with van der Waals surface area (Å²) in [4.78, 5) is 4.52. The number of hydrogen-bond acceptors (Lipinski definition) is 2. The minimum absolute atomic E-state index is 0.443. The lowest BCUT2D eigenvalue weighted by atomic mass is 9.99. The highest BCUT2D eigenvalue weighted by molar-refractivity contribution is 5.26. The van der Waals surface area contributed by atoms with E-state index in [9.17, 15) is 0 Å². The third-order valence-electron chi connectivity index (χ3n) is 3.98. The summed E-state index contributed by atoms with van der Waals surface area (Å²) in [6, 6.07) is 9.11. The molecule has 1 atom stereocenters. The van der Waals surface area contributed by atoms with Gasteiger partial charge in [0.2, 0.25) is 0 Å². The predicted molar refractivity (Wildman–Crippen MR) is 88.6 cm³/mol. The van der Waals surface area contributed by atoms with E-state index in [4.69, 9.17) is 0 Å². The van der Waals surface area contributed by atoms with Crippen molar-refractivity contribution < 1.29 is 0 Å². The molecule has 0 aliphatic rings. The van der Waals surface area contributed by atoms with Crippen molar-refractivity contribution in [1.82, 2.24) is 14.9 Å². The van der Waals surface area contributed by atoms with Gasteiger partial charge in [-0.2, -0.15) is 0 Å². The summed E-state index contributed by atoms with van der Waals surface area (Å²) in [5, 5.41) is 3.68. The second-order valence-corrected chi connectivity index (χ2v) is 5.62. The predicted octanol–water partition coefficient (Wildman–Crippen LogP) is 3.36. The molecule has 0 aliphatic carbocycles. The number of rotatable bonds is 8. The molecule has 0 spiro atoms. The molecular formula is C18H27N3. The maximum Gasteiger partial charge on any atom is 0.110 e. The highest BCUT2D eigenvalue weighted by atomic mass is 15.1. The zero-order valence-electron chi connectivity index (χ0n) is 13.5. The van der Waals surface area contributed by atoms with Gasteiger partial charge in [0.25, 0.3) is 0 Å². The minimum Gasteiger partial charge on any atom is -0.335 e. The van der Waals surface area contributed by atoms with E-state index in [2.05, 4.69) is 66.1 Å². The van der Waals surface area contributed by atoms with Crippen molar-refractivity contribution in [2.75, 3.05) is 6.54 Å². The summed E-state index contributed by atoms with van der Waals surface area (Å²) >= 11 is 0. The molecule has 0 saturated carbocycles. The fourth-order valence-electron chi connectivity index (χ4n) is 2.71. The summed E-state index contributed by atoms with van der Waals surface area (Å²) in [5.41, 5.74) is 2.81. The zero-order valence-corrected chi connectivity index (χ0v) is 13.5. The van der Waals surface area contributed by atoms with Crippen molar-refractivity contribution in [2.24, 2.45) is 0 Å². The van der Waals surface area contributed by atoms with Crippen LogP contribution >= 0.6 is 0 Å². The summed E-state index contributed by atoms with van der Waals surface area (Å²) in [7, 11) is 0. The van der Waals surface area contributed by atoms with Crippen LogP contribution < -0.4 is 5.32 Å². The van der Waals surface area contributed by atoms with Crippen molar-refractivity contribution >= 4 is 0 Å². The average Bonchev–Trinajstić information content (AvgIpc) is 2.94. The number of benzene rings is 1. The van der Waals surface area contributed by atoms with Crippen LogP contribution in [0.4, 0.5) is 0 Å². The first-order valence-corrected chi connectivity index (χ1v) is 8.02. The second kappa shape index (κ2) is 7.99. The molecule has 0 fully saturated rings. The first kappa shape index (κ1) is 15.8. The molecule has 21 heavy (non-hydrogen) atoms. The van der Waals surface area contributed by atoms with Crippen LogP contribution in [0.15, 0.2) is 36.7 Å². The van der Waals surface area contributed by atoms with E-state index in [0.717, 1.165) is 32.4 Å². The van der Waals surface area contributed by atoms with Crippen molar-refractivity contribution in [3.05, 3.63) is 53.6 Å². The Bertz CT molecular complexity index is 545. The molecule has 2 aromatic rings. The fraction of sp³-hybridized carbons (Fsp3) is 0.500. The molecule has 1 N–H and O–H groups in total. The Morgan fingerprint density at radius 2 is 2.00 bits per heavy atom. The SMILES string of the molecule is CCCNC(Cc1ccccc1C)Cc1nccn1CC. The van der Waals surface area contributed by atoms with Gasteiger partial charge in [-0.15, -0.1) is 0 Å². The van der Waals surface area contributed by atoms with Gasteiger partial charge in [-0.05, 0) is 44.4 Å². The Kier molecular flexibility index (Phi) is 6.00. The molecule has 0 amide bonds. The number of hydrogen-bond donors (Lipinski definition) is 1. The molecular weight excluding hydrogens is 258 g/mol. The van der Waals surface area contributed by atoms with Crippen LogP contribution in [0.2, 0.25) is 0 Å². The smallest absolute Gasteiger partial charge is 0.110 e. The average molecular weight is 285 g/mol. The van der Waals surface area contributed by atoms with Crippen molar-refractivity contribution in [3.63, 3.8) is 0 Å². The van der Waals surface area contributed by atoms with E-state index in [1.54, 1.807) is 0 Å². The van der Waals surface area contributed by atoms with Crippen molar-refractivity contribution in [3.8, 4) is 0 Å². The van der Waals surface area contributed by atoms with Gasteiger partial charge in [-0.3, -0.25) is 0 Å². The molecule has 1 aromatic heterocycles. The molecule has 1 heterocycles. The van der Waals surface area contributed by atoms with E-state index >= 15 is 0 Å². The Morgan fingerprint density at radius 1 is 1.19 bits per heavy atom. The van der Waals surface area contributed by atoms with E-state index in [1.807, 2.05) is 6.20 Å². The first-order valence-electron chi connectivity index (χ1n) is 8.02. The Hall–Kier alpha value is -1.61. The molecule has 1 aromatic carbocycles. The standard InChI is InChI=1S/C18H27N3/c1-4-10-19-17(13-16-9-7-6-8-15(16)3)14-18-20-11-12-21(18)5-2/h6-9,11-12,17,19H,4-5,10,13-14H2,1-3H3. The van der Waals surface area contributed by atoms with Gasteiger partial charge in [0.1, 0.15) is 5.82 Å². The zero-order chi connectivity index (χ0) is 15.1. The molecule has 3 heteroatoms. The van der Waals surface area contributed by atoms with Gasteiger partial charge < -0.3 is 9.88 Å². The maximum absolute atomic E-state index is 4.52. The summed E-state index contributed by atoms with van der Waals surface area (Å²) in [5.74, 6) is 1.18. The number of nitrogens with zero attached hydrogens (tertiary/aromatic N) is 2. The van der Waals surface area contributed by atoms with Crippen LogP contribution in [-0.4, -0.2) is 22.1 Å². The lowest BCUT2D eigenvalue weighted by Gasteiger charge is -2.20. The summed E-state index contributed by atoms with van der Waals surface area (Å²) in [6.45, 7) is 8.62. The Labute approximate surface area is 128 Å². The lowest BCUT2D eigenvalue weighted by molar-refractivity contribution is 0.485. The third-order valence-corrected chi connectivity index (χ3v) is 3.98. The molecule has 1 unspecified atom stereocenters. The second-order valence-electron chi connectivity index (χ2n) is 5.62. The van der Waals surface area contributed by atoms with E-state index in [0.29, 0.717) is 6.04 Å². The van der Waals surface area contributed by atoms with Crippen LogP contribution in [-0.2, 0) is 19.4 Å². The van der Waals surface area contributed by atoms with Gasteiger partial charge in [0.15, 0.2) is 0 Å². The Morgan fingerprint density at radius 3 is 2.71 bits per heavy atom. The van der Waals surface area contributed by atoms with E-state index < -0.39 is 0 Å². The van der Waals surface area contributed by atoms with Gasteiger partial charge >= 0.3 is 0 Å². The molecule has 114 valence electrons. The van der Waals surface area contributed by atoms with Crippen LogP contribution in [0.5, 0.6) is 0 Å². The van der Waals surface area contributed by atoms with Crippen LogP contribution in [0.3, 0.4) is 0 Å². The van der Waals surface area contributed by atoms with Crippen LogP contribution in [0.25, 0.3) is 0 Å². The van der Waals surface area contributed by atoms with Crippen LogP contribution in [0, 0.1) is 6.92 Å². The van der Waals surface area contributed by atoms with Gasteiger partial charge in [0, 0.05) is 31.4 Å². The Balaban J connectivity index is 2.09. The molecule has 0 saturated heterocycles. The van der Waals surface area contributed by atoms with Crippen molar-refractivity contribution in [2.45, 2.75) is 52.6 Å². The fourth-order valence-corrected chi connectivity index (χ4v) is 2.71. The maximum atomic E-state index is 4.52. The quantitative estimate of drug-likeness (QED) is 0.806. The summed E-state index contributed by atoms with van der Waals surface area (Å²) < 4.78 is 2.23. The molecule has 2 rings (SSSR count).